The summed E-state index contributed by atoms with van der Waals surface area (Å²) in [6.45, 7) is 4.54. The summed E-state index contributed by atoms with van der Waals surface area (Å²) in [5.41, 5.74) is 0.974. The minimum absolute atomic E-state index is 0.237. The van der Waals surface area contributed by atoms with Crippen LogP contribution in [0.5, 0.6) is 0 Å². The maximum absolute atomic E-state index is 12.9. The number of rotatable bonds is 4. The Kier molecular flexibility index (Phi) is 3.98. The lowest BCUT2D eigenvalue weighted by Crippen LogP contribution is -2.36. The lowest BCUT2D eigenvalue weighted by molar-refractivity contribution is 0.0325. The van der Waals surface area contributed by atoms with Crippen molar-refractivity contribution in [3.05, 3.63) is 41.5 Å². The van der Waals surface area contributed by atoms with E-state index in [9.17, 15) is 4.39 Å². The van der Waals surface area contributed by atoms with E-state index in [1.807, 2.05) is 0 Å². The standard InChI is InChI=1S/C13H16FN5O/c14-12-3-1-11(2-4-12)9-19-13(15-16-17-19)10-18-5-7-20-8-6-18/h1-4H,5-10H2. The molecule has 0 amide bonds. The van der Waals surface area contributed by atoms with Crippen LogP contribution in [0.15, 0.2) is 24.3 Å². The molecule has 0 saturated carbocycles. The molecule has 1 fully saturated rings. The maximum atomic E-state index is 12.9. The highest BCUT2D eigenvalue weighted by Gasteiger charge is 2.15. The van der Waals surface area contributed by atoms with Gasteiger partial charge in [-0.1, -0.05) is 12.1 Å². The molecule has 0 spiro atoms. The Hall–Kier alpha value is -1.86. The normalized spacial score (nSPS) is 16.4. The molecule has 6 nitrogen and oxygen atoms in total. The topological polar surface area (TPSA) is 56.1 Å². The SMILES string of the molecule is Fc1ccc(Cn2nnnc2CN2CCOCC2)cc1. The van der Waals surface area contributed by atoms with Crippen molar-refractivity contribution in [1.29, 1.82) is 0 Å². The summed E-state index contributed by atoms with van der Waals surface area (Å²) in [7, 11) is 0. The summed E-state index contributed by atoms with van der Waals surface area (Å²) < 4.78 is 20.0. The Morgan fingerprint density at radius 2 is 1.85 bits per heavy atom. The Labute approximate surface area is 116 Å². The number of ether oxygens (including phenoxy) is 1. The van der Waals surface area contributed by atoms with Crippen molar-refractivity contribution >= 4 is 0 Å². The Bertz CT molecular complexity index is 550. The lowest BCUT2D eigenvalue weighted by Gasteiger charge is -2.25. The van der Waals surface area contributed by atoms with Crippen LogP contribution >= 0.6 is 0 Å². The zero-order chi connectivity index (χ0) is 13.8. The number of morpholine rings is 1. The average molecular weight is 277 g/mol. The predicted octanol–water partition coefficient (Wildman–Crippen LogP) is 0.693. The molecule has 1 aromatic carbocycles. The van der Waals surface area contributed by atoms with Crippen molar-refractivity contribution in [1.82, 2.24) is 25.1 Å². The minimum Gasteiger partial charge on any atom is -0.379 e. The fourth-order valence-electron chi connectivity index (χ4n) is 2.18. The van der Waals surface area contributed by atoms with Crippen molar-refractivity contribution in [2.45, 2.75) is 13.1 Å². The number of aromatic nitrogens is 4. The van der Waals surface area contributed by atoms with Crippen LogP contribution in [0.3, 0.4) is 0 Å². The molecule has 106 valence electrons. The highest BCUT2D eigenvalue weighted by molar-refractivity contribution is 5.16. The van der Waals surface area contributed by atoms with Gasteiger partial charge in [-0.3, -0.25) is 4.90 Å². The van der Waals surface area contributed by atoms with Crippen molar-refractivity contribution < 1.29 is 9.13 Å². The minimum atomic E-state index is -0.237. The van der Waals surface area contributed by atoms with E-state index >= 15 is 0 Å². The fourth-order valence-corrected chi connectivity index (χ4v) is 2.18. The third kappa shape index (κ3) is 3.17. The highest BCUT2D eigenvalue weighted by Crippen LogP contribution is 2.08. The number of hydrogen-bond donors (Lipinski definition) is 0. The molecule has 0 N–H and O–H groups in total. The van der Waals surface area contributed by atoms with Crippen LogP contribution in [0.25, 0.3) is 0 Å². The summed E-state index contributed by atoms with van der Waals surface area (Å²) in [6.07, 6.45) is 0. The third-order valence-electron chi connectivity index (χ3n) is 3.32. The monoisotopic (exact) mass is 277 g/mol. The highest BCUT2D eigenvalue weighted by atomic mass is 19.1. The molecule has 20 heavy (non-hydrogen) atoms. The summed E-state index contributed by atoms with van der Waals surface area (Å²) in [5.74, 6) is 0.579. The fraction of sp³-hybridized carbons (Fsp3) is 0.462. The van der Waals surface area contributed by atoms with Crippen molar-refractivity contribution in [3.63, 3.8) is 0 Å². The lowest BCUT2D eigenvalue weighted by atomic mass is 10.2. The second kappa shape index (κ2) is 6.06. The van der Waals surface area contributed by atoms with E-state index in [-0.39, 0.29) is 5.82 Å². The van der Waals surface area contributed by atoms with Gasteiger partial charge in [0.15, 0.2) is 5.82 Å². The van der Waals surface area contributed by atoms with Gasteiger partial charge >= 0.3 is 0 Å². The zero-order valence-corrected chi connectivity index (χ0v) is 11.1. The van der Waals surface area contributed by atoms with E-state index in [1.54, 1.807) is 16.8 Å². The number of halogens is 1. The van der Waals surface area contributed by atoms with Crippen LogP contribution in [0, 0.1) is 5.82 Å². The first-order chi connectivity index (χ1) is 9.81. The first kappa shape index (κ1) is 13.1. The van der Waals surface area contributed by atoms with Gasteiger partial charge in [0, 0.05) is 13.1 Å². The average Bonchev–Trinajstić information content (AvgIpc) is 2.90. The van der Waals surface area contributed by atoms with E-state index < -0.39 is 0 Å². The molecule has 1 aromatic heterocycles. The molecule has 1 saturated heterocycles. The number of benzene rings is 1. The summed E-state index contributed by atoms with van der Waals surface area (Å²) >= 11 is 0. The smallest absolute Gasteiger partial charge is 0.165 e. The van der Waals surface area contributed by atoms with Gasteiger partial charge in [-0.15, -0.1) is 5.10 Å². The second-order valence-corrected chi connectivity index (χ2v) is 4.77. The van der Waals surface area contributed by atoms with E-state index in [2.05, 4.69) is 20.4 Å². The van der Waals surface area contributed by atoms with Crippen LogP contribution in [-0.4, -0.2) is 51.4 Å². The van der Waals surface area contributed by atoms with E-state index in [1.165, 1.54) is 12.1 Å². The molecule has 0 bridgehead atoms. The van der Waals surface area contributed by atoms with Crippen LogP contribution in [-0.2, 0) is 17.8 Å². The first-order valence-corrected chi connectivity index (χ1v) is 6.61. The predicted molar refractivity (Wildman–Crippen MR) is 69.4 cm³/mol. The van der Waals surface area contributed by atoms with Gasteiger partial charge < -0.3 is 4.74 Å². The van der Waals surface area contributed by atoms with E-state index in [0.717, 1.165) is 37.7 Å². The van der Waals surface area contributed by atoms with Crippen LogP contribution in [0.4, 0.5) is 4.39 Å². The molecule has 1 aliphatic heterocycles. The summed E-state index contributed by atoms with van der Waals surface area (Å²) in [4.78, 5) is 2.26. The molecular formula is C13H16FN5O. The largest absolute Gasteiger partial charge is 0.379 e. The van der Waals surface area contributed by atoms with Gasteiger partial charge in [-0.2, -0.15) is 0 Å². The molecule has 0 radical (unpaired) electrons. The van der Waals surface area contributed by atoms with Gasteiger partial charge in [0.05, 0.1) is 26.3 Å². The zero-order valence-electron chi connectivity index (χ0n) is 11.1. The Balaban J connectivity index is 1.68. The molecule has 2 aromatic rings. The number of hydrogen-bond acceptors (Lipinski definition) is 5. The number of tetrazole rings is 1. The van der Waals surface area contributed by atoms with Crippen LogP contribution in [0.1, 0.15) is 11.4 Å². The van der Waals surface area contributed by atoms with Crippen molar-refractivity contribution in [2.75, 3.05) is 26.3 Å². The van der Waals surface area contributed by atoms with Crippen LogP contribution < -0.4 is 0 Å². The van der Waals surface area contributed by atoms with Crippen molar-refractivity contribution in [3.8, 4) is 0 Å². The molecule has 0 aliphatic carbocycles. The molecule has 1 aliphatic rings. The Morgan fingerprint density at radius 3 is 2.60 bits per heavy atom. The first-order valence-electron chi connectivity index (χ1n) is 6.61. The van der Waals surface area contributed by atoms with Gasteiger partial charge in [0.25, 0.3) is 0 Å². The maximum Gasteiger partial charge on any atom is 0.165 e. The quantitative estimate of drug-likeness (QED) is 0.823. The summed E-state index contributed by atoms with van der Waals surface area (Å²) in [5, 5.41) is 11.8. The van der Waals surface area contributed by atoms with Crippen molar-refractivity contribution in [2.24, 2.45) is 0 Å². The van der Waals surface area contributed by atoms with Gasteiger partial charge in [0.1, 0.15) is 5.82 Å². The summed E-state index contributed by atoms with van der Waals surface area (Å²) in [6, 6.07) is 6.38. The number of nitrogens with zero attached hydrogens (tertiary/aromatic N) is 5. The Morgan fingerprint density at radius 1 is 1.10 bits per heavy atom. The van der Waals surface area contributed by atoms with E-state index in [4.69, 9.17) is 4.74 Å². The molecule has 7 heteroatoms. The van der Waals surface area contributed by atoms with Gasteiger partial charge in [-0.05, 0) is 28.1 Å². The van der Waals surface area contributed by atoms with Gasteiger partial charge in [0.2, 0.25) is 0 Å². The molecule has 0 unspecified atom stereocenters. The molecule has 2 heterocycles. The van der Waals surface area contributed by atoms with E-state index in [0.29, 0.717) is 13.1 Å². The molecule has 3 rings (SSSR count). The molecular weight excluding hydrogens is 261 g/mol. The molecule has 0 atom stereocenters. The second-order valence-electron chi connectivity index (χ2n) is 4.77. The van der Waals surface area contributed by atoms with Gasteiger partial charge in [-0.25, -0.2) is 9.07 Å². The third-order valence-corrected chi connectivity index (χ3v) is 3.32. The van der Waals surface area contributed by atoms with Crippen LogP contribution in [0.2, 0.25) is 0 Å².